The van der Waals surface area contributed by atoms with Crippen LogP contribution >= 0.6 is 11.6 Å². The summed E-state index contributed by atoms with van der Waals surface area (Å²) in [5, 5.41) is 7.30. The van der Waals surface area contributed by atoms with E-state index >= 15 is 0 Å². The van der Waals surface area contributed by atoms with E-state index in [1.165, 1.54) is 11.3 Å². The Hall–Kier alpha value is -1.26. The second-order valence-electron chi connectivity index (χ2n) is 5.08. The van der Waals surface area contributed by atoms with Crippen molar-refractivity contribution >= 4 is 23.2 Å². The minimum atomic E-state index is -0.0737. The van der Waals surface area contributed by atoms with Crippen LogP contribution in [0.2, 0.25) is 5.02 Å². The predicted molar refractivity (Wildman–Crippen MR) is 79.0 cm³/mol. The van der Waals surface area contributed by atoms with E-state index in [0.29, 0.717) is 16.6 Å². The van der Waals surface area contributed by atoms with Gasteiger partial charge in [-0.3, -0.25) is 4.79 Å². The Morgan fingerprint density at radius 2 is 2.26 bits per heavy atom. The first kappa shape index (κ1) is 14.2. The standard InChI is InChI=1S/C14H20ClN3O/c1-18(2)14(19)12-8-10(5-6-13(12)15)17-11-4-3-7-16-9-11/h5-6,8,11,16-17H,3-4,7,9H2,1-2H3/t11-/m1/s1. The first-order valence-electron chi connectivity index (χ1n) is 6.56. The summed E-state index contributed by atoms with van der Waals surface area (Å²) in [4.78, 5) is 13.5. The van der Waals surface area contributed by atoms with Crippen LogP contribution in [0.4, 0.5) is 5.69 Å². The van der Waals surface area contributed by atoms with Crippen LogP contribution < -0.4 is 10.6 Å². The fraction of sp³-hybridized carbons (Fsp3) is 0.500. The molecule has 0 bridgehead atoms. The molecule has 2 N–H and O–H groups in total. The number of amides is 1. The molecule has 2 rings (SSSR count). The molecule has 0 aliphatic carbocycles. The van der Waals surface area contributed by atoms with Gasteiger partial charge in [0.1, 0.15) is 0 Å². The van der Waals surface area contributed by atoms with Crippen molar-refractivity contribution in [1.29, 1.82) is 0 Å². The van der Waals surface area contributed by atoms with Gasteiger partial charge in [-0.25, -0.2) is 0 Å². The number of benzene rings is 1. The number of carbonyl (C=O) groups is 1. The average Bonchev–Trinajstić information content (AvgIpc) is 2.41. The summed E-state index contributed by atoms with van der Waals surface area (Å²) in [6, 6.07) is 5.94. The predicted octanol–water partition coefficient (Wildman–Crippen LogP) is 2.21. The molecule has 0 saturated carbocycles. The number of hydrogen-bond acceptors (Lipinski definition) is 3. The van der Waals surface area contributed by atoms with E-state index in [4.69, 9.17) is 11.6 Å². The highest BCUT2D eigenvalue weighted by Crippen LogP contribution is 2.22. The Labute approximate surface area is 119 Å². The van der Waals surface area contributed by atoms with Gasteiger partial charge in [0.25, 0.3) is 5.91 Å². The number of anilines is 1. The van der Waals surface area contributed by atoms with Crippen LogP contribution in [0.15, 0.2) is 18.2 Å². The van der Waals surface area contributed by atoms with Crippen molar-refractivity contribution in [2.45, 2.75) is 18.9 Å². The van der Waals surface area contributed by atoms with Gasteiger partial charge >= 0.3 is 0 Å². The van der Waals surface area contributed by atoms with Gasteiger partial charge in [-0.2, -0.15) is 0 Å². The zero-order valence-electron chi connectivity index (χ0n) is 11.4. The number of piperidine rings is 1. The quantitative estimate of drug-likeness (QED) is 0.893. The summed E-state index contributed by atoms with van der Waals surface area (Å²) in [6.07, 6.45) is 2.32. The molecule has 0 spiro atoms. The molecule has 0 unspecified atom stereocenters. The maximum Gasteiger partial charge on any atom is 0.254 e. The summed E-state index contributed by atoms with van der Waals surface area (Å²) in [5.41, 5.74) is 1.49. The van der Waals surface area contributed by atoms with Gasteiger partial charge in [-0.1, -0.05) is 11.6 Å². The van der Waals surface area contributed by atoms with Crippen molar-refractivity contribution in [2.75, 3.05) is 32.5 Å². The number of rotatable bonds is 3. The lowest BCUT2D eigenvalue weighted by Gasteiger charge is -2.25. The third-order valence-corrected chi connectivity index (χ3v) is 3.60. The first-order chi connectivity index (χ1) is 9.08. The van der Waals surface area contributed by atoms with E-state index < -0.39 is 0 Å². The van der Waals surface area contributed by atoms with E-state index in [2.05, 4.69) is 10.6 Å². The molecule has 1 atom stereocenters. The molecular weight excluding hydrogens is 262 g/mol. The van der Waals surface area contributed by atoms with Gasteiger partial charge in [0.2, 0.25) is 0 Å². The van der Waals surface area contributed by atoms with Crippen molar-refractivity contribution in [1.82, 2.24) is 10.2 Å². The highest BCUT2D eigenvalue weighted by atomic mass is 35.5. The van der Waals surface area contributed by atoms with Crippen LogP contribution in [-0.4, -0.2) is 44.0 Å². The third-order valence-electron chi connectivity index (χ3n) is 3.27. The molecule has 1 amide bonds. The zero-order valence-corrected chi connectivity index (χ0v) is 12.1. The van der Waals surface area contributed by atoms with E-state index in [-0.39, 0.29) is 5.91 Å². The minimum absolute atomic E-state index is 0.0737. The van der Waals surface area contributed by atoms with Gasteiger partial charge in [0.15, 0.2) is 0 Å². The van der Waals surface area contributed by atoms with Crippen LogP contribution in [0.1, 0.15) is 23.2 Å². The molecule has 0 aromatic heterocycles. The molecule has 1 aromatic carbocycles. The van der Waals surface area contributed by atoms with Crippen molar-refractivity contribution in [2.24, 2.45) is 0 Å². The monoisotopic (exact) mass is 281 g/mol. The van der Waals surface area contributed by atoms with Crippen molar-refractivity contribution in [3.63, 3.8) is 0 Å². The number of nitrogens with zero attached hydrogens (tertiary/aromatic N) is 1. The fourth-order valence-electron chi connectivity index (χ4n) is 2.23. The van der Waals surface area contributed by atoms with E-state index in [9.17, 15) is 4.79 Å². The molecule has 1 aromatic rings. The van der Waals surface area contributed by atoms with Crippen molar-refractivity contribution in [3.05, 3.63) is 28.8 Å². The molecule has 1 aliphatic heterocycles. The first-order valence-corrected chi connectivity index (χ1v) is 6.94. The molecular formula is C14H20ClN3O. The topological polar surface area (TPSA) is 44.4 Å². The largest absolute Gasteiger partial charge is 0.381 e. The van der Waals surface area contributed by atoms with E-state index in [1.54, 1.807) is 20.2 Å². The van der Waals surface area contributed by atoms with Crippen LogP contribution in [0.3, 0.4) is 0 Å². The SMILES string of the molecule is CN(C)C(=O)c1cc(N[C@@H]2CCCNC2)ccc1Cl. The summed E-state index contributed by atoms with van der Waals surface area (Å²) in [7, 11) is 3.45. The Bertz CT molecular complexity index is 456. The molecule has 4 nitrogen and oxygen atoms in total. The molecule has 1 aliphatic rings. The summed E-state index contributed by atoms with van der Waals surface area (Å²) < 4.78 is 0. The number of halogens is 1. The zero-order chi connectivity index (χ0) is 13.8. The Kier molecular flexibility index (Phi) is 4.66. The second kappa shape index (κ2) is 6.26. The maximum absolute atomic E-state index is 12.0. The van der Waals surface area contributed by atoms with Gasteiger partial charge in [0.05, 0.1) is 10.6 Å². The van der Waals surface area contributed by atoms with Crippen molar-refractivity contribution in [3.8, 4) is 0 Å². The Morgan fingerprint density at radius 3 is 2.89 bits per heavy atom. The van der Waals surface area contributed by atoms with Gasteiger partial charge < -0.3 is 15.5 Å². The molecule has 19 heavy (non-hydrogen) atoms. The fourth-order valence-corrected chi connectivity index (χ4v) is 2.43. The Balaban J connectivity index is 2.13. The van der Waals surface area contributed by atoms with Crippen LogP contribution in [0.25, 0.3) is 0 Å². The molecule has 1 saturated heterocycles. The van der Waals surface area contributed by atoms with Crippen LogP contribution in [-0.2, 0) is 0 Å². The number of carbonyl (C=O) groups excluding carboxylic acids is 1. The summed E-state index contributed by atoms with van der Waals surface area (Å²) >= 11 is 6.09. The highest BCUT2D eigenvalue weighted by Gasteiger charge is 2.16. The Morgan fingerprint density at radius 1 is 1.47 bits per heavy atom. The van der Waals surface area contributed by atoms with Gasteiger partial charge in [0, 0.05) is 32.4 Å². The van der Waals surface area contributed by atoms with Crippen LogP contribution in [0, 0.1) is 0 Å². The lowest BCUT2D eigenvalue weighted by molar-refractivity contribution is 0.0828. The smallest absolute Gasteiger partial charge is 0.254 e. The number of nitrogens with one attached hydrogen (secondary N) is 2. The minimum Gasteiger partial charge on any atom is -0.381 e. The molecule has 5 heteroatoms. The van der Waals surface area contributed by atoms with E-state index in [1.807, 2.05) is 12.1 Å². The van der Waals surface area contributed by atoms with Crippen molar-refractivity contribution < 1.29 is 4.79 Å². The molecule has 1 heterocycles. The molecule has 0 radical (unpaired) electrons. The summed E-state index contributed by atoms with van der Waals surface area (Å²) in [5.74, 6) is -0.0737. The maximum atomic E-state index is 12.0. The summed E-state index contributed by atoms with van der Waals surface area (Å²) in [6.45, 7) is 2.04. The molecule has 1 fully saturated rings. The van der Waals surface area contributed by atoms with Crippen LogP contribution in [0.5, 0.6) is 0 Å². The number of hydrogen-bond donors (Lipinski definition) is 2. The normalized spacial score (nSPS) is 19.0. The van der Waals surface area contributed by atoms with E-state index in [0.717, 1.165) is 25.2 Å². The lowest BCUT2D eigenvalue weighted by atomic mass is 10.1. The highest BCUT2D eigenvalue weighted by molar-refractivity contribution is 6.34. The van der Waals surface area contributed by atoms with Gasteiger partial charge in [-0.15, -0.1) is 0 Å². The molecule has 104 valence electrons. The lowest BCUT2D eigenvalue weighted by Crippen LogP contribution is -2.38. The van der Waals surface area contributed by atoms with Gasteiger partial charge in [-0.05, 0) is 37.6 Å². The third kappa shape index (κ3) is 3.61. The average molecular weight is 282 g/mol. The second-order valence-corrected chi connectivity index (χ2v) is 5.49.